The minimum Gasteiger partial charge on any atom is -0.348 e. The summed E-state index contributed by atoms with van der Waals surface area (Å²) in [6.45, 7) is 10.1. The van der Waals surface area contributed by atoms with Gasteiger partial charge in [0.15, 0.2) is 0 Å². The molecule has 0 aliphatic carbocycles. The average Bonchev–Trinajstić information content (AvgIpc) is 2.45. The fourth-order valence-corrected chi connectivity index (χ4v) is 2.53. The molecule has 148 valence electrons. The first kappa shape index (κ1) is 24.5. The standard InChI is InChI=1S/C18H29ClN4O2.ClH/c1-11(2)8-13(10-20)21-16(24)14-9-12(6-7-15(14)19)22-17(25)23-18(3,4)5;/h6-7,9,11,13H,8,10,20H2,1-5H3,(H,21,24)(H2,22,23,25);1H. The first-order valence-corrected chi connectivity index (χ1v) is 8.79. The fraction of sp³-hybridized carbons (Fsp3) is 0.556. The lowest BCUT2D eigenvalue weighted by molar-refractivity contribution is 0.0934. The second-order valence-electron chi connectivity index (χ2n) is 7.56. The number of amides is 3. The molecule has 0 saturated carbocycles. The summed E-state index contributed by atoms with van der Waals surface area (Å²) in [6, 6.07) is 4.33. The summed E-state index contributed by atoms with van der Waals surface area (Å²) in [6.07, 6.45) is 0.784. The van der Waals surface area contributed by atoms with Crippen LogP contribution in [0.4, 0.5) is 10.5 Å². The summed E-state index contributed by atoms with van der Waals surface area (Å²) in [5.74, 6) is 0.111. The van der Waals surface area contributed by atoms with Gasteiger partial charge >= 0.3 is 6.03 Å². The zero-order valence-corrected chi connectivity index (χ0v) is 17.6. The van der Waals surface area contributed by atoms with Crippen molar-refractivity contribution in [1.82, 2.24) is 10.6 Å². The topological polar surface area (TPSA) is 96.2 Å². The van der Waals surface area contributed by atoms with E-state index >= 15 is 0 Å². The second-order valence-corrected chi connectivity index (χ2v) is 7.97. The lowest BCUT2D eigenvalue weighted by Gasteiger charge is -2.21. The zero-order valence-electron chi connectivity index (χ0n) is 16.0. The number of nitrogens with two attached hydrogens (primary N) is 1. The van der Waals surface area contributed by atoms with E-state index in [1.54, 1.807) is 18.2 Å². The van der Waals surface area contributed by atoms with Crippen molar-refractivity contribution in [1.29, 1.82) is 0 Å². The Morgan fingerprint density at radius 1 is 1.23 bits per heavy atom. The molecule has 0 heterocycles. The van der Waals surface area contributed by atoms with Gasteiger partial charge < -0.3 is 21.7 Å². The number of benzene rings is 1. The maximum Gasteiger partial charge on any atom is 0.319 e. The Morgan fingerprint density at radius 2 is 1.85 bits per heavy atom. The number of carbonyl (C=O) groups excluding carboxylic acids is 2. The molecule has 0 saturated heterocycles. The van der Waals surface area contributed by atoms with E-state index in [0.29, 0.717) is 28.7 Å². The third-order valence-electron chi connectivity index (χ3n) is 3.33. The third kappa shape index (κ3) is 8.74. The molecule has 3 amide bonds. The predicted molar refractivity (Wildman–Crippen MR) is 110 cm³/mol. The van der Waals surface area contributed by atoms with Crippen LogP contribution in [0, 0.1) is 5.92 Å². The van der Waals surface area contributed by atoms with E-state index in [-0.39, 0.29) is 35.9 Å². The number of urea groups is 1. The number of nitrogens with one attached hydrogen (secondary N) is 3. The molecule has 1 unspecified atom stereocenters. The predicted octanol–water partition coefficient (Wildman–Crippen LogP) is 3.79. The summed E-state index contributed by atoms with van der Waals surface area (Å²) in [5, 5.41) is 8.72. The Bertz CT molecular complexity index is 616. The molecule has 6 nitrogen and oxygen atoms in total. The van der Waals surface area contributed by atoms with Crippen LogP contribution in [0.2, 0.25) is 5.02 Å². The van der Waals surface area contributed by atoms with Crippen LogP contribution in [-0.4, -0.2) is 30.1 Å². The molecule has 0 aliphatic rings. The third-order valence-corrected chi connectivity index (χ3v) is 3.66. The fourth-order valence-electron chi connectivity index (χ4n) is 2.33. The summed E-state index contributed by atoms with van der Waals surface area (Å²) in [4.78, 5) is 24.5. The number of carbonyl (C=O) groups is 2. The first-order valence-electron chi connectivity index (χ1n) is 8.41. The van der Waals surface area contributed by atoms with Crippen molar-refractivity contribution in [3.63, 3.8) is 0 Å². The maximum atomic E-state index is 12.5. The number of anilines is 1. The van der Waals surface area contributed by atoms with E-state index in [2.05, 4.69) is 29.8 Å². The summed E-state index contributed by atoms with van der Waals surface area (Å²) >= 11 is 6.15. The van der Waals surface area contributed by atoms with Gasteiger partial charge in [0.25, 0.3) is 5.91 Å². The normalized spacial score (nSPS) is 12.2. The van der Waals surface area contributed by atoms with Crippen molar-refractivity contribution in [2.24, 2.45) is 11.7 Å². The number of rotatable bonds is 6. The van der Waals surface area contributed by atoms with Crippen LogP contribution in [0.15, 0.2) is 18.2 Å². The molecule has 1 aromatic carbocycles. The van der Waals surface area contributed by atoms with Gasteiger partial charge in [-0.15, -0.1) is 12.4 Å². The summed E-state index contributed by atoms with van der Waals surface area (Å²) in [7, 11) is 0. The van der Waals surface area contributed by atoms with Gasteiger partial charge in [0.1, 0.15) is 0 Å². The van der Waals surface area contributed by atoms with Crippen LogP contribution >= 0.6 is 24.0 Å². The molecule has 0 radical (unpaired) electrons. The van der Waals surface area contributed by atoms with Crippen molar-refractivity contribution in [3.8, 4) is 0 Å². The molecule has 0 aromatic heterocycles. The highest BCUT2D eigenvalue weighted by Gasteiger charge is 2.18. The molecule has 5 N–H and O–H groups in total. The quantitative estimate of drug-likeness (QED) is 0.580. The zero-order chi connectivity index (χ0) is 19.2. The van der Waals surface area contributed by atoms with E-state index in [1.165, 1.54) is 0 Å². The van der Waals surface area contributed by atoms with E-state index in [9.17, 15) is 9.59 Å². The van der Waals surface area contributed by atoms with Gasteiger partial charge in [0.05, 0.1) is 10.6 Å². The van der Waals surface area contributed by atoms with Gasteiger partial charge in [0.2, 0.25) is 0 Å². The van der Waals surface area contributed by atoms with Gasteiger partial charge in [-0.05, 0) is 51.3 Å². The molecule has 0 fully saturated rings. The Labute approximate surface area is 167 Å². The van der Waals surface area contributed by atoms with Gasteiger partial charge in [-0.3, -0.25) is 4.79 Å². The SMILES string of the molecule is CC(C)CC(CN)NC(=O)c1cc(NC(=O)NC(C)(C)C)ccc1Cl.Cl. The number of hydrogen-bond acceptors (Lipinski definition) is 3. The van der Waals surface area contributed by atoms with Crippen molar-refractivity contribution < 1.29 is 9.59 Å². The van der Waals surface area contributed by atoms with Crippen molar-refractivity contribution in [2.45, 2.75) is 52.6 Å². The van der Waals surface area contributed by atoms with Crippen LogP contribution < -0.4 is 21.7 Å². The highest BCUT2D eigenvalue weighted by molar-refractivity contribution is 6.34. The monoisotopic (exact) mass is 404 g/mol. The van der Waals surface area contributed by atoms with Crippen LogP contribution in [-0.2, 0) is 0 Å². The Hall–Kier alpha value is -1.50. The summed E-state index contributed by atoms with van der Waals surface area (Å²) < 4.78 is 0. The Balaban J connectivity index is 0.00000625. The van der Waals surface area contributed by atoms with E-state index in [4.69, 9.17) is 17.3 Å². The lowest BCUT2D eigenvalue weighted by atomic mass is 10.0. The molecule has 26 heavy (non-hydrogen) atoms. The average molecular weight is 405 g/mol. The van der Waals surface area contributed by atoms with E-state index in [0.717, 1.165) is 6.42 Å². The highest BCUT2D eigenvalue weighted by Crippen LogP contribution is 2.21. The molecule has 1 atom stereocenters. The highest BCUT2D eigenvalue weighted by atomic mass is 35.5. The maximum absolute atomic E-state index is 12.5. The lowest BCUT2D eigenvalue weighted by Crippen LogP contribution is -2.43. The van der Waals surface area contributed by atoms with Crippen LogP contribution in [0.3, 0.4) is 0 Å². The summed E-state index contributed by atoms with van der Waals surface area (Å²) in [5.41, 5.74) is 6.16. The molecule has 0 bridgehead atoms. The molecule has 1 aromatic rings. The second kappa shape index (κ2) is 10.6. The minimum absolute atomic E-state index is 0. The van der Waals surface area contributed by atoms with E-state index in [1.807, 2.05) is 20.8 Å². The molecule has 1 rings (SSSR count). The van der Waals surface area contributed by atoms with Gasteiger partial charge in [-0.1, -0.05) is 25.4 Å². The van der Waals surface area contributed by atoms with Crippen LogP contribution in [0.5, 0.6) is 0 Å². The van der Waals surface area contributed by atoms with E-state index < -0.39 is 0 Å². The Morgan fingerprint density at radius 3 is 2.35 bits per heavy atom. The van der Waals surface area contributed by atoms with Crippen molar-refractivity contribution in [3.05, 3.63) is 28.8 Å². The van der Waals surface area contributed by atoms with Crippen molar-refractivity contribution >= 4 is 41.6 Å². The molecular formula is C18H30Cl2N4O2. The number of halogens is 2. The largest absolute Gasteiger partial charge is 0.348 e. The first-order chi connectivity index (χ1) is 11.5. The molecule has 0 aliphatic heterocycles. The molecule has 8 heteroatoms. The van der Waals surface area contributed by atoms with Crippen LogP contribution in [0.1, 0.15) is 51.4 Å². The minimum atomic E-state index is -0.359. The molecule has 0 spiro atoms. The number of hydrogen-bond donors (Lipinski definition) is 4. The van der Waals surface area contributed by atoms with Crippen molar-refractivity contribution in [2.75, 3.05) is 11.9 Å². The van der Waals surface area contributed by atoms with Gasteiger partial charge in [-0.2, -0.15) is 0 Å². The molecular weight excluding hydrogens is 375 g/mol. The Kier molecular flexibility index (Phi) is 9.99. The van der Waals surface area contributed by atoms with Crippen LogP contribution in [0.25, 0.3) is 0 Å². The van der Waals surface area contributed by atoms with Gasteiger partial charge in [-0.25, -0.2) is 4.79 Å². The van der Waals surface area contributed by atoms with Gasteiger partial charge in [0, 0.05) is 23.8 Å². The smallest absolute Gasteiger partial charge is 0.319 e.